The molecule has 0 aliphatic rings. The summed E-state index contributed by atoms with van der Waals surface area (Å²) in [7, 11) is -1.61. The second kappa shape index (κ2) is 14.6. The standard InChI is InChI=1S/C34H22F7O4S2/c35-26-11-19(34(44)18-1-4-21(5-2-18)45-17-20(43)16-42)3-10-31(26)46-22-6-8-23(9-7-22)47(24-12-27(36)32(40)28(37)13-24)25-14-29(38)33(41)30(39)15-25/h1-15,20,42-43H,16-17H2/q+1. The molecule has 0 aromatic heterocycles. The lowest BCUT2D eigenvalue weighted by atomic mass is 10.0. The molecule has 0 saturated heterocycles. The summed E-state index contributed by atoms with van der Waals surface area (Å²) in [4.78, 5) is 13.5. The number of aliphatic hydroxyl groups is 2. The highest BCUT2D eigenvalue weighted by Gasteiger charge is 2.33. The Bertz CT molecular complexity index is 1820. The monoisotopic (exact) mass is 691 g/mol. The van der Waals surface area contributed by atoms with Gasteiger partial charge in [-0.25, -0.2) is 30.7 Å². The van der Waals surface area contributed by atoms with E-state index in [-0.39, 0.29) is 37.3 Å². The molecule has 4 nitrogen and oxygen atoms in total. The van der Waals surface area contributed by atoms with Crippen molar-refractivity contribution < 1.29 is 50.5 Å². The van der Waals surface area contributed by atoms with Gasteiger partial charge in [0.25, 0.3) is 0 Å². The van der Waals surface area contributed by atoms with Gasteiger partial charge in [0.05, 0.1) is 17.5 Å². The average Bonchev–Trinajstić information content (AvgIpc) is 3.06. The molecule has 5 aromatic carbocycles. The first-order chi connectivity index (χ1) is 22.4. The van der Waals surface area contributed by atoms with E-state index >= 15 is 4.39 Å². The van der Waals surface area contributed by atoms with Crippen molar-refractivity contribution in [3.8, 4) is 5.75 Å². The third-order valence-electron chi connectivity index (χ3n) is 6.64. The Hall–Kier alpha value is -4.30. The SMILES string of the molecule is O=C(c1ccc(OCC(O)CO)cc1)c1ccc(Sc2ccc([S+](c3cc(F)c(F)c(F)c3)c3cc(F)c(F)c(F)c3)cc2)c(F)c1. The number of carbonyl (C=O) groups excluding carboxylic acids is 1. The molecule has 0 bridgehead atoms. The molecule has 0 heterocycles. The molecular weight excluding hydrogens is 669 g/mol. The van der Waals surface area contributed by atoms with Crippen LogP contribution >= 0.6 is 11.8 Å². The number of halogens is 7. The van der Waals surface area contributed by atoms with Gasteiger partial charge in [0.15, 0.2) is 55.4 Å². The van der Waals surface area contributed by atoms with Gasteiger partial charge in [-0.05, 0) is 66.7 Å². The Morgan fingerprint density at radius 2 is 1.17 bits per heavy atom. The third-order valence-corrected chi connectivity index (χ3v) is 9.85. The van der Waals surface area contributed by atoms with Crippen molar-refractivity contribution >= 4 is 28.4 Å². The van der Waals surface area contributed by atoms with E-state index in [0.29, 0.717) is 34.9 Å². The predicted octanol–water partition coefficient (Wildman–Crippen LogP) is 7.87. The van der Waals surface area contributed by atoms with E-state index in [1.165, 1.54) is 60.7 Å². The van der Waals surface area contributed by atoms with Gasteiger partial charge in [0.1, 0.15) is 24.3 Å². The van der Waals surface area contributed by atoms with Gasteiger partial charge in [0.2, 0.25) is 0 Å². The minimum absolute atomic E-state index is 0.0770. The Kier molecular flexibility index (Phi) is 10.6. The fourth-order valence-electron chi connectivity index (χ4n) is 4.32. The molecule has 0 fully saturated rings. The van der Waals surface area contributed by atoms with Crippen molar-refractivity contribution in [3.63, 3.8) is 0 Å². The highest BCUT2D eigenvalue weighted by Crippen LogP contribution is 2.37. The Morgan fingerprint density at radius 3 is 1.66 bits per heavy atom. The van der Waals surface area contributed by atoms with Crippen LogP contribution in [0.1, 0.15) is 15.9 Å². The van der Waals surface area contributed by atoms with Gasteiger partial charge < -0.3 is 14.9 Å². The molecule has 13 heteroatoms. The first-order valence-corrected chi connectivity index (χ1v) is 15.7. The molecule has 5 aromatic rings. The van der Waals surface area contributed by atoms with Crippen LogP contribution in [-0.4, -0.2) is 35.3 Å². The van der Waals surface area contributed by atoms with Crippen LogP contribution in [0.25, 0.3) is 0 Å². The van der Waals surface area contributed by atoms with Crippen molar-refractivity contribution in [2.24, 2.45) is 0 Å². The van der Waals surface area contributed by atoms with E-state index in [0.717, 1.165) is 17.8 Å². The number of carbonyl (C=O) groups is 1. The van der Waals surface area contributed by atoms with Crippen LogP contribution in [0.15, 0.2) is 115 Å². The topological polar surface area (TPSA) is 66.8 Å². The van der Waals surface area contributed by atoms with Gasteiger partial charge in [0, 0.05) is 45.2 Å². The Labute approximate surface area is 270 Å². The second-order valence-corrected chi connectivity index (χ2v) is 13.1. The maximum absolute atomic E-state index is 15.1. The highest BCUT2D eigenvalue weighted by molar-refractivity contribution is 7.99. The fourth-order valence-corrected chi connectivity index (χ4v) is 7.25. The summed E-state index contributed by atoms with van der Waals surface area (Å²) in [6.45, 7) is -0.604. The van der Waals surface area contributed by atoms with Crippen LogP contribution in [0, 0.1) is 40.7 Å². The fraction of sp³-hybridized carbons (Fsp3) is 0.0882. The van der Waals surface area contributed by atoms with Crippen molar-refractivity contribution in [2.75, 3.05) is 13.2 Å². The zero-order valence-electron chi connectivity index (χ0n) is 23.8. The van der Waals surface area contributed by atoms with Crippen LogP contribution in [0.2, 0.25) is 0 Å². The van der Waals surface area contributed by atoms with Crippen LogP contribution < -0.4 is 4.74 Å². The van der Waals surface area contributed by atoms with Crippen molar-refractivity contribution in [3.05, 3.63) is 143 Å². The van der Waals surface area contributed by atoms with E-state index in [9.17, 15) is 36.2 Å². The van der Waals surface area contributed by atoms with E-state index in [4.69, 9.17) is 9.84 Å². The van der Waals surface area contributed by atoms with Crippen LogP contribution in [0.4, 0.5) is 30.7 Å². The molecule has 1 atom stereocenters. The van der Waals surface area contributed by atoms with Gasteiger partial charge in [-0.2, -0.15) is 0 Å². The van der Waals surface area contributed by atoms with Crippen LogP contribution in [0.3, 0.4) is 0 Å². The number of ketones is 1. The molecule has 242 valence electrons. The first-order valence-electron chi connectivity index (χ1n) is 13.6. The maximum Gasteiger partial charge on any atom is 0.194 e. The highest BCUT2D eigenvalue weighted by atomic mass is 32.2. The number of ether oxygens (including phenoxy) is 1. The maximum atomic E-state index is 15.1. The van der Waals surface area contributed by atoms with Crippen molar-refractivity contribution in [1.29, 1.82) is 0 Å². The average molecular weight is 692 g/mol. The molecule has 1 unspecified atom stereocenters. The second-order valence-electron chi connectivity index (χ2n) is 9.93. The largest absolute Gasteiger partial charge is 0.491 e. The van der Waals surface area contributed by atoms with Crippen molar-refractivity contribution in [2.45, 2.75) is 30.6 Å². The molecule has 0 saturated carbocycles. The van der Waals surface area contributed by atoms with Gasteiger partial charge in [-0.1, -0.05) is 11.8 Å². The molecular formula is C34H22F7O4S2+. The van der Waals surface area contributed by atoms with E-state index in [2.05, 4.69) is 0 Å². The number of aliphatic hydroxyl groups excluding tert-OH is 2. The lowest BCUT2D eigenvalue weighted by molar-refractivity contribution is 0.0536. The molecule has 47 heavy (non-hydrogen) atoms. The van der Waals surface area contributed by atoms with Gasteiger partial charge in [-0.3, -0.25) is 4.79 Å². The van der Waals surface area contributed by atoms with E-state index in [1.807, 2.05) is 0 Å². The molecule has 5 rings (SSSR count). The third kappa shape index (κ3) is 7.82. The minimum Gasteiger partial charge on any atom is -0.491 e. The number of rotatable bonds is 11. The summed E-state index contributed by atoms with van der Waals surface area (Å²) >= 11 is 0.991. The summed E-state index contributed by atoms with van der Waals surface area (Å²) in [5.74, 6) is -10.3. The lowest BCUT2D eigenvalue weighted by Gasteiger charge is -2.11. The summed E-state index contributed by atoms with van der Waals surface area (Å²) in [6.07, 6.45) is -1.05. The van der Waals surface area contributed by atoms with Gasteiger partial charge in [-0.15, -0.1) is 0 Å². The molecule has 0 radical (unpaired) electrons. The van der Waals surface area contributed by atoms with Crippen molar-refractivity contribution in [1.82, 2.24) is 0 Å². The zero-order chi connectivity index (χ0) is 33.8. The summed E-state index contributed by atoms with van der Waals surface area (Å²) in [5, 5.41) is 18.3. The number of hydrogen-bond acceptors (Lipinski definition) is 5. The summed E-state index contributed by atoms with van der Waals surface area (Å²) in [6, 6.07) is 18.6. The summed E-state index contributed by atoms with van der Waals surface area (Å²) < 4.78 is 104. The quantitative estimate of drug-likeness (QED) is 0.0639. The molecule has 0 aliphatic carbocycles. The Balaban J connectivity index is 1.36. The first kappa shape index (κ1) is 34.0. The van der Waals surface area contributed by atoms with Gasteiger partial charge >= 0.3 is 0 Å². The number of benzene rings is 5. The Morgan fingerprint density at radius 1 is 0.660 bits per heavy atom. The zero-order valence-corrected chi connectivity index (χ0v) is 25.5. The normalized spacial score (nSPS) is 12.0. The lowest BCUT2D eigenvalue weighted by Crippen LogP contribution is -2.21. The predicted molar refractivity (Wildman–Crippen MR) is 160 cm³/mol. The summed E-state index contributed by atoms with van der Waals surface area (Å²) in [5.41, 5.74) is 0.334. The molecule has 0 spiro atoms. The molecule has 0 amide bonds. The number of hydrogen-bond donors (Lipinski definition) is 2. The van der Waals surface area contributed by atoms with E-state index in [1.54, 1.807) is 0 Å². The smallest absolute Gasteiger partial charge is 0.194 e. The molecule has 2 N–H and O–H groups in total. The van der Waals surface area contributed by atoms with Crippen LogP contribution in [0.5, 0.6) is 5.75 Å². The van der Waals surface area contributed by atoms with E-state index < -0.39 is 70.1 Å². The molecule has 0 aliphatic heterocycles. The van der Waals surface area contributed by atoms with Crippen LogP contribution in [-0.2, 0) is 10.9 Å². The minimum atomic E-state index is -1.73.